The van der Waals surface area contributed by atoms with Crippen molar-refractivity contribution in [3.05, 3.63) is 32.5 Å². The Morgan fingerprint density at radius 2 is 2.24 bits per heavy atom. The Kier molecular flexibility index (Phi) is 4.89. The summed E-state index contributed by atoms with van der Waals surface area (Å²) in [5, 5.41) is 11.3. The molecule has 2 rings (SSSR count). The summed E-state index contributed by atoms with van der Waals surface area (Å²) >= 11 is 3.17. The van der Waals surface area contributed by atoms with Crippen LogP contribution in [-0.4, -0.2) is 35.7 Å². The number of esters is 1. The number of ether oxygens (including phenoxy) is 2. The van der Waals surface area contributed by atoms with Gasteiger partial charge in [-0.3, -0.25) is 19.9 Å². The van der Waals surface area contributed by atoms with Gasteiger partial charge in [0.05, 0.1) is 11.5 Å². The fourth-order valence-corrected chi connectivity index (χ4v) is 2.78. The quantitative estimate of drug-likeness (QED) is 0.466. The highest BCUT2D eigenvalue weighted by Gasteiger charge is 2.48. The SMILES string of the molecule is CCOC(=O)C1(c2ncc(Br)cc2[N+](=O)[O-])CCOCC1. The Morgan fingerprint density at radius 1 is 1.57 bits per heavy atom. The van der Waals surface area contributed by atoms with Crippen molar-refractivity contribution in [2.75, 3.05) is 19.8 Å². The molecular weight excluding hydrogens is 344 g/mol. The third kappa shape index (κ3) is 3.06. The minimum absolute atomic E-state index is 0.150. The number of carbonyl (C=O) groups is 1. The molecule has 0 spiro atoms. The molecular formula is C13H15BrN2O5. The number of hydrogen-bond acceptors (Lipinski definition) is 6. The van der Waals surface area contributed by atoms with E-state index in [1.54, 1.807) is 6.92 Å². The van der Waals surface area contributed by atoms with Crippen molar-refractivity contribution < 1.29 is 19.2 Å². The van der Waals surface area contributed by atoms with Crippen LogP contribution in [0.2, 0.25) is 0 Å². The highest BCUT2D eigenvalue weighted by atomic mass is 79.9. The van der Waals surface area contributed by atoms with Crippen LogP contribution in [-0.2, 0) is 19.7 Å². The largest absolute Gasteiger partial charge is 0.465 e. The monoisotopic (exact) mass is 358 g/mol. The van der Waals surface area contributed by atoms with Gasteiger partial charge in [0.1, 0.15) is 11.1 Å². The molecule has 0 bridgehead atoms. The van der Waals surface area contributed by atoms with E-state index in [2.05, 4.69) is 20.9 Å². The first-order chi connectivity index (χ1) is 10.0. The molecule has 1 fully saturated rings. The molecule has 0 unspecified atom stereocenters. The molecule has 21 heavy (non-hydrogen) atoms. The number of hydrogen-bond donors (Lipinski definition) is 0. The average Bonchev–Trinajstić information content (AvgIpc) is 2.48. The molecule has 0 saturated carbocycles. The van der Waals surface area contributed by atoms with Gasteiger partial charge in [0.2, 0.25) is 0 Å². The summed E-state index contributed by atoms with van der Waals surface area (Å²) in [4.78, 5) is 27.4. The molecule has 1 aromatic heterocycles. The first-order valence-electron chi connectivity index (χ1n) is 6.56. The van der Waals surface area contributed by atoms with Gasteiger partial charge in [-0.1, -0.05) is 0 Å². The Balaban J connectivity index is 2.56. The molecule has 1 aliphatic rings. The van der Waals surface area contributed by atoms with E-state index in [-0.39, 0.29) is 18.0 Å². The molecule has 0 radical (unpaired) electrons. The van der Waals surface area contributed by atoms with Gasteiger partial charge in [-0.25, -0.2) is 0 Å². The van der Waals surface area contributed by atoms with Crippen LogP contribution >= 0.6 is 15.9 Å². The van der Waals surface area contributed by atoms with Crippen molar-refractivity contribution in [2.24, 2.45) is 0 Å². The Morgan fingerprint density at radius 3 is 2.81 bits per heavy atom. The van der Waals surface area contributed by atoms with Gasteiger partial charge in [-0.05, 0) is 35.7 Å². The number of nitrogens with zero attached hydrogens (tertiary/aromatic N) is 2. The molecule has 0 N–H and O–H groups in total. The standard InChI is InChI=1S/C13H15BrN2O5/c1-2-21-12(17)13(3-5-20-6-4-13)11-10(16(18)19)7-9(14)8-15-11/h7-8H,2-6H2,1H3. The highest BCUT2D eigenvalue weighted by Crippen LogP contribution is 2.40. The summed E-state index contributed by atoms with van der Waals surface area (Å²) in [5.74, 6) is -0.480. The normalized spacial score (nSPS) is 17.2. The van der Waals surface area contributed by atoms with Crippen molar-refractivity contribution in [2.45, 2.75) is 25.2 Å². The summed E-state index contributed by atoms with van der Waals surface area (Å²) in [7, 11) is 0. The minimum atomic E-state index is -1.11. The van der Waals surface area contributed by atoms with E-state index >= 15 is 0 Å². The summed E-state index contributed by atoms with van der Waals surface area (Å²) in [6.45, 7) is 2.60. The zero-order valence-electron chi connectivity index (χ0n) is 11.5. The van der Waals surface area contributed by atoms with E-state index in [4.69, 9.17) is 9.47 Å². The van der Waals surface area contributed by atoms with Crippen molar-refractivity contribution >= 4 is 27.6 Å². The first-order valence-corrected chi connectivity index (χ1v) is 7.36. The maximum Gasteiger partial charge on any atom is 0.318 e. The zero-order valence-corrected chi connectivity index (χ0v) is 13.1. The summed E-state index contributed by atoms with van der Waals surface area (Å²) < 4.78 is 10.9. The summed E-state index contributed by atoms with van der Waals surface area (Å²) in [6.07, 6.45) is 2.10. The zero-order chi connectivity index (χ0) is 15.5. The summed E-state index contributed by atoms with van der Waals surface area (Å²) in [6, 6.07) is 1.36. The Hall–Kier alpha value is -1.54. The predicted octanol–water partition coefficient (Wildman–Crippen LogP) is 2.36. The second kappa shape index (κ2) is 6.48. The average molecular weight is 359 g/mol. The smallest absolute Gasteiger partial charge is 0.318 e. The lowest BCUT2D eigenvalue weighted by Crippen LogP contribution is -2.43. The number of aromatic nitrogens is 1. The predicted molar refractivity (Wildman–Crippen MR) is 77.0 cm³/mol. The van der Waals surface area contributed by atoms with Crippen molar-refractivity contribution in [1.82, 2.24) is 4.98 Å². The molecule has 8 heteroatoms. The molecule has 1 aromatic rings. The maximum absolute atomic E-state index is 12.4. The van der Waals surface area contributed by atoms with Gasteiger partial charge in [-0.15, -0.1) is 0 Å². The van der Waals surface area contributed by atoms with Crippen LogP contribution < -0.4 is 0 Å². The minimum Gasteiger partial charge on any atom is -0.465 e. The van der Waals surface area contributed by atoms with Crippen LogP contribution in [0.15, 0.2) is 16.7 Å². The van der Waals surface area contributed by atoms with E-state index in [1.165, 1.54) is 12.3 Å². The topological polar surface area (TPSA) is 91.6 Å². The van der Waals surface area contributed by atoms with Crippen LogP contribution in [0.5, 0.6) is 0 Å². The molecule has 1 aliphatic heterocycles. The fraction of sp³-hybridized carbons (Fsp3) is 0.538. The Labute approximate surface area is 129 Å². The lowest BCUT2D eigenvalue weighted by Gasteiger charge is -2.33. The van der Waals surface area contributed by atoms with Gasteiger partial charge in [0.25, 0.3) is 5.69 Å². The van der Waals surface area contributed by atoms with E-state index in [1.807, 2.05) is 0 Å². The maximum atomic E-state index is 12.4. The van der Waals surface area contributed by atoms with Crippen LogP contribution in [0.1, 0.15) is 25.5 Å². The van der Waals surface area contributed by atoms with Crippen LogP contribution in [0.4, 0.5) is 5.69 Å². The Bertz CT molecular complexity index is 557. The third-order valence-electron chi connectivity index (χ3n) is 3.50. The van der Waals surface area contributed by atoms with Crippen LogP contribution in [0.3, 0.4) is 0 Å². The van der Waals surface area contributed by atoms with E-state index in [0.29, 0.717) is 30.5 Å². The van der Waals surface area contributed by atoms with Gasteiger partial charge in [-0.2, -0.15) is 0 Å². The van der Waals surface area contributed by atoms with Gasteiger partial charge in [0, 0.05) is 29.9 Å². The number of carbonyl (C=O) groups excluding carboxylic acids is 1. The lowest BCUT2D eigenvalue weighted by atomic mass is 9.76. The molecule has 0 atom stereocenters. The molecule has 0 aliphatic carbocycles. The highest BCUT2D eigenvalue weighted by molar-refractivity contribution is 9.10. The number of pyridine rings is 1. The molecule has 0 amide bonds. The summed E-state index contributed by atoms with van der Waals surface area (Å²) in [5.41, 5.74) is -1.14. The van der Waals surface area contributed by atoms with E-state index in [9.17, 15) is 14.9 Å². The van der Waals surface area contributed by atoms with Gasteiger partial charge < -0.3 is 9.47 Å². The van der Waals surface area contributed by atoms with Crippen molar-refractivity contribution in [1.29, 1.82) is 0 Å². The van der Waals surface area contributed by atoms with Gasteiger partial charge in [0.15, 0.2) is 0 Å². The van der Waals surface area contributed by atoms with Crippen LogP contribution in [0, 0.1) is 10.1 Å². The van der Waals surface area contributed by atoms with Gasteiger partial charge >= 0.3 is 5.97 Å². The number of halogens is 1. The van der Waals surface area contributed by atoms with E-state index < -0.39 is 16.3 Å². The van der Waals surface area contributed by atoms with E-state index in [0.717, 1.165) is 0 Å². The molecule has 2 heterocycles. The van der Waals surface area contributed by atoms with Crippen molar-refractivity contribution in [3.8, 4) is 0 Å². The second-order valence-electron chi connectivity index (χ2n) is 4.69. The molecule has 7 nitrogen and oxygen atoms in total. The number of rotatable bonds is 4. The molecule has 114 valence electrons. The second-order valence-corrected chi connectivity index (χ2v) is 5.61. The first kappa shape index (κ1) is 15.8. The molecule has 1 saturated heterocycles. The lowest BCUT2D eigenvalue weighted by molar-refractivity contribution is -0.386. The molecule has 0 aromatic carbocycles. The van der Waals surface area contributed by atoms with Crippen LogP contribution in [0.25, 0.3) is 0 Å². The van der Waals surface area contributed by atoms with Crippen molar-refractivity contribution in [3.63, 3.8) is 0 Å². The number of nitro groups is 1. The third-order valence-corrected chi connectivity index (χ3v) is 3.93. The fourth-order valence-electron chi connectivity index (χ4n) is 2.46.